The van der Waals surface area contributed by atoms with Crippen molar-refractivity contribution in [3.05, 3.63) is 0 Å². The van der Waals surface area contributed by atoms with Crippen molar-refractivity contribution in [3.63, 3.8) is 0 Å². The summed E-state index contributed by atoms with van der Waals surface area (Å²) in [7, 11) is 4.55. The molecular weight excluding hydrogens is 234 g/mol. The molecule has 0 aliphatic carbocycles. The molecule has 13 heavy (non-hydrogen) atoms. The third-order valence-corrected chi connectivity index (χ3v) is 4.06. The number of epoxide rings is 1. The SMILES string of the molecule is C[N+]1(C)[C@@H]2CC(O)C[C@H]1[C@H]1O[C@H]12.[Br-]. The summed E-state index contributed by atoms with van der Waals surface area (Å²) in [5.74, 6) is 0. The quantitative estimate of drug-likeness (QED) is 0.361. The van der Waals surface area contributed by atoms with Gasteiger partial charge in [0.25, 0.3) is 0 Å². The van der Waals surface area contributed by atoms with Crippen LogP contribution in [0, 0.1) is 0 Å². The Kier molecular flexibility index (Phi) is 2.05. The standard InChI is InChI=1S/C9H16NO2.BrH/c1-10(2)6-3-5(11)4-7(10)9-8(6)12-9;/h5-9,11H,3-4H2,1-2H3;1H/q+1;/p-1/t5?,6-,7+,8+,9-;. The van der Waals surface area contributed by atoms with Gasteiger partial charge in [0.1, 0.15) is 24.3 Å². The number of quaternary nitrogens is 1. The molecule has 2 bridgehead atoms. The van der Waals surface area contributed by atoms with Gasteiger partial charge in [-0.15, -0.1) is 0 Å². The van der Waals surface area contributed by atoms with Gasteiger partial charge in [-0.25, -0.2) is 0 Å². The highest BCUT2D eigenvalue weighted by Gasteiger charge is 2.70. The Balaban J connectivity index is 0.000000653. The largest absolute Gasteiger partial charge is 1.00 e. The lowest BCUT2D eigenvalue weighted by Gasteiger charge is -2.44. The van der Waals surface area contributed by atoms with Gasteiger partial charge in [0.05, 0.1) is 20.2 Å². The first-order valence-corrected chi connectivity index (χ1v) is 4.77. The van der Waals surface area contributed by atoms with E-state index in [9.17, 15) is 5.11 Å². The molecule has 3 nitrogen and oxygen atoms in total. The van der Waals surface area contributed by atoms with Crippen molar-refractivity contribution in [2.45, 2.75) is 43.2 Å². The first-order chi connectivity index (χ1) is 5.60. The van der Waals surface area contributed by atoms with E-state index in [4.69, 9.17) is 4.74 Å². The second kappa shape index (κ2) is 2.69. The van der Waals surface area contributed by atoms with Gasteiger partial charge in [0, 0.05) is 12.8 Å². The molecule has 0 saturated carbocycles. The third-order valence-electron chi connectivity index (χ3n) is 4.06. The van der Waals surface area contributed by atoms with E-state index in [1.54, 1.807) is 0 Å². The molecular formula is C9H16BrNO2. The molecule has 4 heteroatoms. The summed E-state index contributed by atoms with van der Waals surface area (Å²) in [4.78, 5) is 0. The highest BCUT2D eigenvalue weighted by molar-refractivity contribution is 5.07. The predicted molar refractivity (Wildman–Crippen MR) is 43.6 cm³/mol. The monoisotopic (exact) mass is 249 g/mol. The number of aliphatic hydroxyl groups excluding tert-OH is 1. The fourth-order valence-electron chi connectivity index (χ4n) is 3.22. The molecule has 0 aromatic heterocycles. The number of piperidine rings is 1. The predicted octanol–water partition coefficient (Wildman–Crippen LogP) is -3.26. The number of aliphatic hydroxyl groups is 1. The Bertz CT molecular complexity index is 214. The molecule has 3 fully saturated rings. The third kappa shape index (κ3) is 1.12. The Hall–Kier alpha value is 0.360. The zero-order valence-corrected chi connectivity index (χ0v) is 9.57. The molecule has 3 heterocycles. The summed E-state index contributed by atoms with van der Waals surface area (Å²) in [5, 5.41) is 9.60. The number of nitrogens with zero attached hydrogens (tertiary/aromatic N) is 1. The number of ether oxygens (including phenoxy) is 1. The van der Waals surface area contributed by atoms with E-state index in [1.807, 2.05) is 0 Å². The smallest absolute Gasteiger partial charge is 0.142 e. The van der Waals surface area contributed by atoms with Crippen molar-refractivity contribution in [2.24, 2.45) is 0 Å². The van der Waals surface area contributed by atoms with Crippen LogP contribution in [0.25, 0.3) is 0 Å². The van der Waals surface area contributed by atoms with Crippen LogP contribution in [0.15, 0.2) is 0 Å². The zero-order valence-electron chi connectivity index (χ0n) is 7.98. The molecule has 3 saturated heterocycles. The fraction of sp³-hybridized carbons (Fsp3) is 1.00. The van der Waals surface area contributed by atoms with E-state index in [1.165, 1.54) is 0 Å². The van der Waals surface area contributed by atoms with Gasteiger partial charge in [0.2, 0.25) is 0 Å². The maximum absolute atomic E-state index is 9.60. The lowest BCUT2D eigenvalue weighted by atomic mass is 9.97. The van der Waals surface area contributed by atoms with Crippen molar-refractivity contribution < 1.29 is 31.3 Å². The average Bonchev–Trinajstić information content (AvgIpc) is 2.66. The number of hydrogen-bond acceptors (Lipinski definition) is 2. The van der Waals surface area contributed by atoms with E-state index in [-0.39, 0.29) is 23.1 Å². The summed E-state index contributed by atoms with van der Waals surface area (Å²) in [5.41, 5.74) is 0. The van der Waals surface area contributed by atoms with Gasteiger partial charge in [-0.2, -0.15) is 0 Å². The minimum atomic E-state index is -0.0671. The average molecular weight is 250 g/mol. The fourth-order valence-corrected chi connectivity index (χ4v) is 3.22. The summed E-state index contributed by atoms with van der Waals surface area (Å²) in [6.07, 6.45) is 2.75. The molecule has 5 atom stereocenters. The molecule has 1 unspecified atom stereocenters. The summed E-state index contributed by atoms with van der Waals surface area (Å²) in [6.45, 7) is 0. The van der Waals surface area contributed by atoms with Crippen molar-refractivity contribution >= 4 is 0 Å². The van der Waals surface area contributed by atoms with Gasteiger partial charge >= 0.3 is 0 Å². The van der Waals surface area contributed by atoms with Crippen LogP contribution in [0.2, 0.25) is 0 Å². The molecule has 3 aliphatic heterocycles. The summed E-state index contributed by atoms with van der Waals surface area (Å²) in [6, 6.07) is 1.12. The van der Waals surface area contributed by atoms with E-state index in [2.05, 4.69) is 14.1 Å². The second-order valence-corrected chi connectivity index (χ2v) is 4.95. The minimum absolute atomic E-state index is 0. The first kappa shape index (κ1) is 9.90. The molecule has 0 spiro atoms. The van der Waals surface area contributed by atoms with E-state index >= 15 is 0 Å². The van der Waals surface area contributed by atoms with Gasteiger partial charge in [-0.1, -0.05) is 0 Å². The van der Waals surface area contributed by atoms with E-state index in [0.29, 0.717) is 24.3 Å². The Morgan fingerprint density at radius 2 is 1.62 bits per heavy atom. The highest BCUT2D eigenvalue weighted by atomic mass is 79.9. The van der Waals surface area contributed by atoms with Crippen LogP contribution in [0.3, 0.4) is 0 Å². The lowest BCUT2D eigenvalue weighted by molar-refractivity contribution is -0.938. The minimum Gasteiger partial charge on any atom is -1.00 e. The van der Waals surface area contributed by atoms with Crippen LogP contribution in [0.5, 0.6) is 0 Å². The van der Waals surface area contributed by atoms with E-state index in [0.717, 1.165) is 17.3 Å². The van der Waals surface area contributed by atoms with Crippen LogP contribution in [-0.2, 0) is 4.74 Å². The van der Waals surface area contributed by atoms with Crippen LogP contribution in [-0.4, -0.2) is 54.1 Å². The number of morpholine rings is 1. The molecule has 3 aliphatic rings. The van der Waals surface area contributed by atoms with Gasteiger partial charge in [-0.3, -0.25) is 0 Å². The molecule has 1 N–H and O–H groups in total. The van der Waals surface area contributed by atoms with Crippen molar-refractivity contribution in [1.29, 1.82) is 0 Å². The summed E-state index contributed by atoms with van der Waals surface area (Å²) < 4.78 is 6.65. The summed E-state index contributed by atoms with van der Waals surface area (Å²) >= 11 is 0. The van der Waals surface area contributed by atoms with Crippen molar-refractivity contribution in [3.8, 4) is 0 Å². The maximum Gasteiger partial charge on any atom is 0.142 e. The van der Waals surface area contributed by atoms with Gasteiger partial charge < -0.3 is 31.3 Å². The Labute approximate surface area is 89.0 Å². The van der Waals surface area contributed by atoms with Crippen LogP contribution < -0.4 is 17.0 Å². The second-order valence-electron chi connectivity index (χ2n) is 4.95. The number of hydrogen-bond donors (Lipinski definition) is 1. The Morgan fingerprint density at radius 1 is 1.15 bits per heavy atom. The first-order valence-electron chi connectivity index (χ1n) is 4.77. The van der Waals surface area contributed by atoms with Crippen molar-refractivity contribution in [2.75, 3.05) is 14.1 Å². The van der Waals surface area contributed by atoms with Gasteiger partial charge in [0.15, 0.2) is 0 Å². The van der Waals surface area contributed by atoms with Crippen molar-refractivity contribution in [1.82, 2.24) is 0 Å². The van der Waals surface area contributed by atoms with Gasteiger partial charge in [-0.05, 0) is 0 Å². The molecule has 0 aromatic carbocycles. The topological polar surface area (TPSA) is 32.8 Å². The zero-order chi connectivity index (χ0) is 8.51. The molecule has 0 radical (unpaired) electrons. The molecule has 0 aromatic rings. The number of halogens is 1. The van der Waals surface area contributed by atoms with Crippen LogP contribution in [0.1, 0.15) is 12.8 Å². The number of likely N-dealkylation sites (N-methyl/N-ethyl adjacent to an activating group) is 1. The molecule has 0 amide bonds. The molecule has 3 rings (SSSR count). The highest BCUT2D eigenvalue weighted by Crippen LogP contribution is 2.50. The lowest BCUT2D eigenvalue weighted by Crippen LogP contribution is -3.00. The normalized spacial score (nSPS) is 55.2. The van der Waals surface area contributed by atoms with E-state index < -0.39 is 0 Å². The van der Waals surface area contributed by atoms with Crippen LogP contribution in [0.4, 0.5) is 0 Å². The van der Waals surface area contributed by atoms with Crippen LogP contribution >= 0.6 is 0 Å². The Morgan fingerprint density at radius 3 is 2.08 bits per heavy atom. The number of fused-ring (bicyclic) bond motifs is 5. The maximum atomic E-state index is 9.60. The molecule has 76 valence electrons. The number of rotatable bonds is 0.